The van der Waals surface area contributed by atoms with Gasteiger partial charge in [-0.25, -0.2) is 8.42 Å². The largest absolute Gasteiger partial charge is 0.496 e. The van der Waals surface area contributed by atoms with Crippen molar-refractivity contribution in [3.63, 3.8) is 0 Å². The Hall–Kier alpha value is -3.34. The molecule has 1 aromatic carbocycles. The van der Waals surface area contributed by atoms with Crippen molar-refractivity contribution in [2.45, 2.75) is 18.9 Å². The number of fused-ring (bicyclic) bond motifs is 1. The molecule has 3 amide bonds. The van der Waals surface area contributed by atoms with Crippen molar-refractivity contribution in [3.8, 4) is 5.75 Å². The van der Waals surface area contributed by atoms with E-state index in [0.717, 1.165) is 22.6 Å². The van der Waals surface area contributed by atoms with Crippen LogP contribution >= 0.6 is 0 Å². The van der Waals surface area contributed by atoms with Crippen molar-refractivity contribution in [2.24, 2.45) is 5.92 Å². The number of amides is 3. The summed E-state index contributed by atoms with van der Waals surface area (Å²) in [5, 5.41) is 9.66. The SMILES string of the molecule is COc1cccc2[nH]c(C(=O)NCC(=O)N[C@H](/C=C/S(C)(=O)=O)C[C@@H]3CCNC3=O)cc12. The van der Waals surface area contributed by atoms with Gasteiger partial charge in [-0.2, -0.15) is 0 Å². The van der Waals surface area contributed by atoms with Gasteiger partial charge in [-0.05, 0) is 31.0 Å². The number of hydrogen-bond acceptors (Lipinski definition) is 6. The number of rotatable bonds is 9. The van der Waals surface area contributed by atoms with E-state index in [0.29, 0.717) is 18.7 Å². The van der Waals surface area contributed by atoms with E-state index in [1.54, 1.807) is 24.3 Å². The Morgan fingerprint density at radius 3 is 2.78 bits per heavy atom. The minimum absolute atomic E-state index is 0.125. The predicted molar refractivity (Wildman–Crippen MR) is 119 cm³/mol. The van der Waals surface area contributed by atoms with Crippen LogP contribution in [0.5, 0.6) is 5.75 Å². The number of aromatic amines is 1. The van der Waals surface area contributed by atoms with Gasteiger partial charge in [0.2, 0.25) is 11.8 Å². The smallest absolute Gasteiger partial charge is 0.268 e. The Morgan fingerprint density at radius 1 is 1.34 bits per heavy atom. The summed E-state index contributed by atoms with van der Waals surface area (Å²) >= 11 is 0. The number of nitrogens with one attached hydrogen (secondary N) is 4. The van der Waals surface area contributed by atoms with Crippen LogP contribution < -0.4 is 20.7 Å². The second-order valence-electron chi connectivity index (χ2n) is 7.63. The fourth-order valence-electron chi connectivity index (χ4n) is 3.54. The second-order valence-corrected chi connectivity index (χ2v) is 9.56. The predicted octanol–water partition coefficient (Wildman–Crippen LogP) is 0.476. The maximum Gasteiger partial charge on any atom is 0.268 e. The number of methoxy groups -OCH3 is 1. The summed E-state index contributed by atoms with van der Waals surface area (Å²) in [5.41, 5.74) is 0.994. The van der Waals surface area contributed by atoms with Gasteiger partial charge in [0.05, 0.1) is 13.7 Å². The summed E-state index contributed by atoms with van der Waals surface area (Å²) in [5.74, 6) is -0.808. The molecule has 1 saturated heterocycles. The van der Waals surface area contributed by atoms with E-state index in [2.05, 4.69) is 20.9 Å². The summed E-state index contributed by atoms with van der Waals surface area (Å²) in [6, 6.07) is 6.35. The lowest BCUT2D eigenvalue weighted by Crippen LogP contribution is -2.42. The molecule has 1 aliphatic rings. The Labute approximate surface area is 185 Å². The maximum atomic E-state index is 12.5. The first-order chi connectivity index (χ1) is 15.2. The summed E-state index contributed by atoms with van der Waals surface area (Å²) in [4.78, 5) is 39.7. The van der Waals surface area contributed by atoms with Gasteiger partial charge in [0.25, 0.3) is 5.91 Å². The topological polar surface area (TPSA) is 146 Å². The van der Waals surface area contributed by atoms with Crippen molar-refractivity contribution >= 4 is 38.5 Å². The molecule has 11 heteroatoms. The molecule has 172 valence electrons. The van der Waals surface area contributed by atoms with Gasteiger partial charge >= 0.3 is 0 Å². The second kappa shape index (κ2) is 9.86. The summed E-state index contributed by atoms with van der Waals surface area (Å²) in [6.07, 6.45) is 3.27. The van der Waals surface area contributed by atoms with E-state index in [9.17, 15) is 22.8 Å². The lowest BCUT2D eigenvalue weighted by molar-refractivity contribution is -0.124. The number of carbonyl (C=O) groups excluding carboxylic acids is 3. The highest BCUT2D eigenvalue weighted by atomic mass is 32.2. The number of benzene rings is 1. The average Bonchev–Trinajstić information content (AvgIpc) is 3.35. The molecule has 0 radical (unpaired) electrons. The lowest BCUT2D eigenvalue weighted by atomic mass is 9.98. The van der Waals surface area contributed by atoms with E-state index in [-0.39, 0.29) is 30.5 Å². The zero-order chi connectivity index (χ0) is 23.3. The zero-order valence-electron chi connectivity index (χ0n) is 17.8. The third-order valence-electron chi connectivity index (χ3n) is 5.10. The van der Waals surface area contributed by atoms with Crippen molar-refractivity contribution in [2.75, 3.05) is 26.5 Å². The minimum atomic E-state index is -3.40. The van der Waals surface area contributed by atoms with Crippen LogP contribution in [0.25, 0.3) is 10.9 Å². The number of sulfone groups is 1. The van der Waals surface area contributed by atoms with Crippen molar-refractivity contribution in [1.82, 2.24) is 20.9 Å². The summed E-state index contributed by atoms with van der Waals surface area (Å²) < 4.78 is 28.2. The van der Waals surface area contributed by atoms with Crippen LogP contribution in [-0.4, -0.2) is 63.6 Å². The monoisotopic (exact) mass is 462 g/mol. The first-order valence-electron chi connectivity index (χ1n) is 10.1. The molecule has 2 atom stereocenters. The van der Waals surface area contributed by atoms with Gasteiger partial charge in [0.15, 0.2) is 9.84 Å². The molecule has 1 aromatic heterocycles. The van der Waals surface area contributed by atoms with Crippen LogP contribution in [0.4, 0.5) is 0 Å². The van der Waals surface area contributed by atoms with Gasteiger partial charge in [0, 0.05) is 41.1 Å². The number of hydrogen-bond donors (Lipinski definition) is 4. The molecular formula is C21H26N4O6S. The zero-order valence-corrected chi connectivity index (χ0v) is 18.6. The van der Waals surface area contributed by atoms with Crippen LogP contribution in [0.1, 0.15) is 23.3 Å². The molecule has 0 saturated carbocycles. The molecule has 0 aliphatic carbocycles. The van der Waals surface area contributed by atoms with Crippen molar-refractivity contribution < 1.29 is 27.5 Å². The molecule has 32 heavy (non-hydrogen) atoms. The normalized spacial score (nSPS) is 17.3. The average molecular weight is 463 g/mol. The van der Waals surface area contributed by atoms with Gasteiger partial charge in [-0.1, -0.05) is 12.1 Å². The Kier molecular flexibility index (Phi) is 7.18. The molecule has 1 aliphatic heterocycles. The standard InChI is InChI=1S/C21H26N4O6S/c1-31-18-5-3-4-16-15(18)11-17(25-16)21(28)23-12-19(26)24-14(7-9-32(2,29)30)10-13-6-8-22-20(13)27/h3-5,7,9,11,13-14,25H,6,8,10,12H2,1-2H3,(H,22,27)(H,23,28)(H,24,26)/b9-7+/t13-,14+/m0/s1. The van der Waals surface area contributed by atoms with Crippen LogP contribution in [0.3, 0.4) is 0 Å². The summed E-state index contributed by atoms with van der Waals surface area (Å²) in [6.45, 7) is 0.233. The first-order valence-corrected chi connectivity index (χ1v) is 12.0. The molecule has 1 fully saturated rings. The number of carbonyl (C=O) groups is 3. The van der Waals surface area contributed by atoms with Crippen LogP contribution in [-0.2, 0) is 19.4 Å². The molecule has 10 nitrogen and oxygen atoms in total. The number of aromatic nitrogens is 1. The highest BCUT2D eigenvalue weighted by Crippen LogP contribution is 2.25. The number of ether oxygens (including phenoxy) is 1. The van der Waals surface area contributed by atoms with E-state index < -0.39 is 27.7 Å². The van der Waals surface area contributed by atoms with Crippen LogP contribution in [0.2, 0.25) is 0 Å². The van der Waals surface area contributed by atoms with Gasteiger partial charge < -0.3 is 25.7 Å². The Morgan fingerprint density at radius 2 is 2.12 bits per heavy atom. The fraction of sp³-hybridized carbons (Fsp3) is 0.381. The number of H-pyrrole nitrogens is 1. The fourth-order valence-corrected chi connectivity index (χ4v) is 4.02. The van der Waals surface area contributed by atoms with E-state index in [4.69, 9.17) is 4.74 Å². The quantitative estimate of drug-likeness (QED) is 0.426. The van der Waals surface area contributed by atoms with E-state index in [1.165, 1.54) is 13.2 Å². The first kappa shape index (κ1) is 23.3. The van der Waals surface area contributed by atoms with Crippen LogP contribution in [0, 0.1) is 5.92 Å². The maximum absolute atomic E-state index is 12.5. The minimum Gasteiger partial charge on any atom is -0.496 e. The third-order valence-corrected chi connectivity index (χ3v) is 5.76. The highest BCUT2D eigenvalue weighted by molar-refractivity contribution is 7.93. The summed E-state index contributed by atoms with van der Waals surface area (Å²) in [7, 11) is -1.86. The molecule has 4 N–H and O–H groups in total. The molecule has 0 unspecified atom stereocenters. The Bertz CT molecular complexity index is 1150. The highest BCUT2D eigenvalue weighted by Gasteiger charge is 2.27. The molecule has 3 rings (SSSR count). The van der Waals surface area contributed by atoms with Crippen LogP contribution in [0.15, 0.2) is 35.7 Å². The van der Waals surface area contributed by atoms with Crippen molar-refractivity contribution in [3.05, 3.63) is 41.4 Å². The van der Waals surface area contributed by atoms with E-state index in [1.807, 2.05) is 0 Å². The van der Waals surface area contributed by atoms with Gasteiger partial charge in [0.1, 0.15) is 11.4 Å². The molecule has 2 heterocycles. The molecule has 0 spiro atoms. The lowest BCUT2D eigenvalue weighted by Gasteiger charge is -2.18. The van der Waals surface area contributed by atoms with Gasteiger partial charge in [-0.3, -0.25) is 14.4 Å². The van der Waals surface area contributed by atoms with E-state index >= 15 is 0 Å². The Balaban J connectivity index is 1.62. The molecule has 2 aromatic rings. The van der Waals surface area contributed by atoms with Crippen molar-refractivity contribution in [1.29, 1.82) is 0 Å². The van der Waals surface area contributed by atoms with Gasteiger partial charge in [-0.15, -0.1) is 0 Å². The molecular weight excluding hydrogens is 436 g/mol. The third kappa shape index (κ3) is 6.10. The molecule has 0 bridgehead atoms.